The van der Waals surface area contributed by atoms with E-state index in [9.17, 15) is 13.2 Å². The minimum atomic E-state index is -3.17. The maximum atomic E-state index is 12.4. The van der Waals surface area contributed by atoms with Crippen molar-refractivity contribution >= 4 is 15.9 Å². The molecule has 0 radical (unpaired) electrons. The Kier molecular flexibility index (Phi) is 4.52. The van der Waals surface area contributed by atoms with Gasteiger partial charge in [-0.3, -0.25) is 4.90 Å². The first-order valence-electron chi connectivity index (χ1n) is 8.04. The van der Waals surface area contributed by atoms with Gasteiger partial charge in [0, 0.05) is 39.6 Å². The molecule has 2 amide bonds. The molecule has 2 fully saturated rings. The van der Waals surface area contributed by atoms with Crippen LogP contribution in [0.4, 0.5) is 4.79 Å². The van der Waals surface area contributed by atoms with E-state index in [2.05, 4.69) is 10.1 Å². The van der Waals surface area contributed by atoms with Gasteiger partial charge < -0.3 is 14.3 Å². The zero-order chi connectivity index (χ0) is 17.5. The molecule has 2 aliphatic heterocycles. The second kappa shape index (κ2) is 6.32. The summed E-state index contributed by atoms with van der Waals surface area (Å²) >= 11 is 0. The predicted octanol–water partition coefficient (Wildman–Crippen LogP) is -0.403. The molecule has 9 nitrogen and oxygen atoms in total. The van der Waals surface area contributed by atoms with Gasteiger partial charge in [0.2, 0.25) is 5.89 Å². The number of hydrogen-bond donors (Lipinski definition) is 0. The van der Waals surface area contributed by atoms with Crippen LogP contribution in [0, 0.1) is 0 Å². The number of amides is 2. The maximum Gasteiger partial charge on any atom is 0.319 e. The number of carbonyl (C=O) groups excluding carboxylic acids is 1. The molecule has 134 valence electrons. The van der Waals surface area contributed by atoms with E-state index in [0.29, 0.717) is 37.8 Å². The molecule has 2 atom stereocenters. The fraction of sp³-hybridized carbons (Fsp3) is 0.786. The minimum absolute atomic E-state index is 0.0117. The van der Waals surface area contributed by atoms with E-state index in [1.54, 1.807) is 19.0 Å². The number of sulfone groups is 1. The number of rotatable bonds is 3. The fourth-order valence-electron chi connectivity index (χ4n) is 3.39. The summed E-state index contributed by atoms with van der Waals surface area (Å²) in [7, 11) is 0.191. The SMILES string of the molecule is CCc1noc(CN2CCN(C(=O)N(C)C)[C@@H]3CS(=O)(=O)C[C@@H]32)n1. The molecule has 2 aliphatic rings. The fourth-order valence-corrected chi connectivity index (χ4v) is 5.40. The molecule has 3 heterocycles. The van der Waals surface area contributed by atoms with Crippen molar-refractivity contribution in [3.8, 4) is 0 Å². The number of piperazine rings is 1. The molecule has 0 N–H and O–H groups in total. The van der Waals surface area contributed by atoms with Crippen molar-refractivity contribution in [3.05, 3.63) is 11.7 Å². The second-order valence-corrected chi connectivity index (χ2v) is 8.66. The van der Waals surface area contributed by atoms with Gasteiger partial charge in [-0.05, 0) is 0 Å². The molecule has 0 spiro atoms. The quantitative estimate of drug-likeness (QED) is 0.725. The highest BCUT2D eigenvalue weighted by atomic mass is 32.2. The van der Waals surface area contributed by atoms with Crippen LogP contribution in [0.1, 0.15) is 18.6 Å². The Morgan fingerprint density at radius 3 is 2.62 bits per heavy atom. The standard InChI is InChI=1S/C14H23N5O4S/c1-4-12-15-13(23-16-12)7-18-5-6-19(14(20)17(2)3)11-9-24(21,22)8-10(11)18/h10-11H,4-9H2,1-3H3/t10-,11+/m0/s1. The van der Waals surface area contributed by atoms with E-state index >= 15 is 0 Å². The van der Waals surface area contributed by atoms with Gasteiger partial charge >= 0.3 is 6.03 Å². The number of aromatic nitrogens is 2. The summed E-state index contributed by atoms with van der Waals surface area (Å²) < 4.78 is 29.5. The van der Waals surface area contributed by atoms with Crippen LogP contribution < -0.4 is 0 Å². The van der Waals surface area contributed by atoms with Gasteiger partial charge in [-0.15, -0.1) is 0 Å². The molecule has 0 unspecified atom stereocenters. The molecule has 1 aromatic heterocycles. The van der Waals surface area contributed by atoms with Gasteiger partial charge in [-0.1, -0.05) is 12.1 Å². The number of urea groups is 1. The van der Waals surface area contributed by atoms with E-state index in [-0.39, 0.29) is 29.6 Å². The third-order valence-corrected chi connectivity index (χ3v) is 6.28. The van der Waals surface area contributed by atoms with Crippen LogP contribution in [-0.4, -0.2) is 90.1 Å². The lowest BCUT2D eigenvalue weighted by molar-refractivity contribution is 0.0461. The number of carbonyl (C=O) groups is 1. The van der Waals surface area contributed by atoms with E-state index < -0.39 is 9.84 Å². The van der Waals surface area contributed by atoms with Gasteiger partial charge in [0.15, 0.2) is 15.7 Å². The first kappa shape index (κ1) is 17.2. The molecule has 2 saturated heterocycles. The number of hydrogen-bond acceptors (Lipinski definition) is 7. The van der Waals surface area contributed by atoms with Crippen LogP contribution in [0.25, 0.3) is 0 Å². The minimum Gasteiger partial charge on any atom is -0.338 e. The molecule has 3 rings (SSSR count). The summed E-state index contributed by atoms with van der Waals surface area (Å²) in [4.78, 5) is 21.9. The number of aryl methyl sites for hydroxylation is 1. The Morgan fingerprint density at radius 2 is 2.00 bits per heavy atom. The summed E-state index contributed by atoms with van der Waals surface area (Å²) in [5, 5.41) is 3.88. The van der Waals surface area contributed by atoms with Crippen molar-refractivity contribution in [2.75, 3.05) is 38.7 Å². The largest absolute Gasteiger partial charge is 0.338 e. The summed E-state index contributed by atoms with van der Waals surface area (Å²) in [6.45, 7) is 3.43. The van der Waals surface area contributed by atoms with Gasteiger partial charge in [-0.25, -0.2) is 13.2 Å². The van der Waals surface area contributed by atoms with Crippen LogP contribution in [0.15, 0.2) is 4.52 Å². The average Bonchev–Trinajstić information content (AvgIpc) is 3.09. The summed E-state index contributed by atoms with van der Waals surface area (Å²) in [6.07, 6.45) is 0.690. The van der Waals surface area contributed by atoms with Gasteiger partial charge in [0.25, 0.3) is 0 Å². The Morgan fingerprint density at radius 1 is 1.29 bits per heavy atom. The third kappa shape index (κ3) is 3.25. The molecular formula is C14H23N5O4S. The first-order valence-corrected chi connectivity index (χ1v) is 9.86. The maximum absolute atomic E-state index is 12.4. The normalized spacial score (nSPS) is 26.4. The van der Waals surface area contributed by atoms with Gasteiger partial charge in [-0.2, -0.15) is 4.98 Å². The van der Waals surface area contributed by atoms with Crippen LogP contribution in [0.3, 0.4) is 0 Å². The van der Waals surface area contributed by atoms with E-state index in [0.717, 1.165) is 0 Å². The lowest BCUT2D eigenvalue weighted by Gasteiger charge is -2.44. The Balaban J connectivity index is 1.80. The molecule has 24 heavy (non-hydrogen) atoms. The highest BCUT2D eigenvalue weighted by molar-refractivity contribution is 7.91. The average molecular weight is 357 g/mol. The van der Waals surface area contributed by atoms with E-state index in [1.807, 2.05) is 11.8 Å². The van der Waals surface area contributed by atoms with Crippen molar-refractivity contribution < 1.29 is 17.7 Å². The Bertz CT molecular complexity index is 717. The van der Waals surface area contributed by atoms with Gasteiger partial charge in [0.05, 0.1) is 24.1 Å². The van der Waals surface area contributed by atoms with Crippen LogP contribution in [0.5, 0.6) is 0 Å². The molecule has 0 saturated carbocycles. The molecular weight excluding hydrogens is 334 g/mol. The van der Waals surface area contributed by atoms with Crippen LogP contribution in [-0.2, 0) is 22.8 Å². The third-order valence-electron chi connectivity index (χ3n) is 4.58. The lowest BCUT2D eigenvalue weighted by Crippen LogP contribution is -2.61. The smallest absolute Gasteiger partial charge is 0.319 e. The molecule has 0 bridgehead atoms. The van der Waals surface area contributed by atoms with Crippen molar-refractivity contribution in [1.29, 1.82) is 0 Å². The van der Waals surface area contributed by atoms with Gasteiger partial charge in [0.1, 0.15) is 0 Å². The molecule has 1 aromatic rings. The first-order chi connectivity index (χ1) is 11.3. The van der Waals surface area contributed by atoms with Crippen molar-refractivity contribution in [3.63, 3.8) is 0 Å². The van der Waals surface area contributed by atoms with Crippen LogP contribution >= 0.6 is 0 Å². The van der Waals surface area contributed by atoms with E-state index in [1.165, 1.54) is 4.90 Å². The van der Waals surface area contributed by atoms with E-state index in [4.69, 9.17) is 4.52 Å². The topological polar surface area (TPSA) is 99.9 Å². The van der Waals surface area contributed by atoms with Crippen molar-refractivity contribution in [1.82, 2.24) is 24.8 Å². The summed E-state index contributed by atoms with van der Waals surface area (Å²) in [5.74, 6) is 1.20. The second-order valence-electron chi connectivity index (χ2n) is 6.51. The molecule has 0 aromatic carbocycles. The monoisotopic (exact) mass is 357 g/mol. The van der Waals surface area contributed by atoms with Crippen molar-refractivity contribution in [2.45, 2.75) is 32.0 Å². The highest BCUT2D eigenvalue weighted by Crippen LogP contribution is 2.28. The lowest BCUT2D eigenvalue weighted by atomic mass is 10.1. The Hall–Kier alpha value is -1.68. The predicted molar refractivity (Wildman–Crippen MR) is 86.1 cm³/mol. The summed E-state index contributed by atoms with van der Waals surface area (Å²) in [5.41, 5.74) is 0. The highest BCUT2D eigenvalue weighted by Gasteiger charge is 2.48. The molecule has 0 aliphatic carbocycles. The Labute approximate surface area is 141 Å². The zero-order valence-electron chi connectivity index (χ0n) is 14.2. The summed E-state index contributed by atoms with van der Waals surface area (Å²) in [6, 6.07) is -0.704. The van der Waals surface area contributed by atoms with Crippen molar-refractivity contribution in [2.24, 2.45) is 0 Å². The number of nitrogens with zero attached hydrogens (tertiary/aromatic N) is 5. The number of fused-ring (bicyclic) bond motifs is 1. The van der Waals surface area contributed by atoms with Crippen LogP contribution in [0.2, 0.25) is 0 Å². The zero-order valence-corrected chi connectivity index (χ0v) is 15.0. The molecule has 10 heteroatoms.